The van der Waals surface area contributed by atoms with E-state index in [4.69, 9.17) is 5.26 Å². The van der Waals surface area contributed by atoms with Gasteiger partial charge in [-0.05, 0) is 31.9 Å². The zero-order valence-electron chi connectivity index (χ0n) is 11.0. The van der Waals surface area contributed by atoms with Crippen molar-refractivity contribution in [2.45, 2.75) is 32.4 Å². The van der Waals surface area contributed by atoms with Gasteiger partial charge in [0, 0.05) is 19.1 Å². The van der Waals surface area contributed by atoms with Crippen molar-refractivity contribution in [3.63, 3.8) is 0 Å². The fourth-order valence-electron chi connectivity index (χ4n) is 2.51. The molecule has 1 heterocycles. The van der Waals surface area contributed by atoms with Crippen LogP contribution in [0.1, 0.15) is 24.0 Å². The van der Waals surface area contributed by atoms with Crippen LogP contribution >= 0.6 is 0 Å². The molecule has 18 heavy (non-hydrogen) atoms. The van der Waals surface area contributed by atoms with Gasteiger partial charge < -0.3 is 5.32 Å². The molecule has 0 spiro atoms. The smallest absolute Gasteiger partial charge is 0.0843 e. The van der Waals surface area contributed by atoms with Crippen LogP contribution in [0.2, 0.25) is 0 Å². The molecule has 0 saturated carbocycles. The first-order valence-electron chi connectivity index (χ1n) is 6.66. The second-order valence-electron chi connectivity index (χ2n) is 5.10. The number of hydrogen-bond acceptors (Lipinski definition) is 3. The van der Waals surface area contributed by atoms with Crippen LogP contribution in [0.15, 0.2) is 24.3 Å². The van der Waals surface area contributed by atoms with E-state index in [1.165, 1.54) is 30.5 Å². The predicted molar refractivity (Wildman–Crippen MR) is 73.1 cm³/mol. The van der Waals surface area contributed by atoms with Gasteiger partial charge in [0.05, 0.1) is 12.6 Å². The van der Waals surface area contributed by atoms with Crippen molar-refractivity contribution in [3.05, 3.63) is 35.4 Å². The van der Waals surface area contributed by atoms with Gasteiger partial charge in [0.2, 0.25) is 0 Å². The third-order valence-corrected chi connectivity index (χ3v) is 3.50. The second-order valence-corrected chi connectivity index (χ2v) is 5.10. The first kappa shape index (κ1) is 13.1. The maximum Gasteiger partial charge on any atom is 0.0843 e. The molecular weight excluding hydrogens is 222 g/mol. The zero-order valence-corrected chi connectivity index (χ0v) is 11.0. The summed E-state index contributed by atoms with van der Waals surface area (Å²) in [5.41, 5.74) is 2.69. The Morgan fingerprint density at radius 2 is 2.17 bits per heavy atom. The molecule has 1 aliphatic heterocycles. The standard InChI is InChI=1S/C15H21N3/c1-13-4-6-14(7-5-13)11-18-10-2-3-15(12-18)17-9-8-16/h4-7,15,17H,2-3,9-12H2,1H3. The molecule has 1 fully saturated rings. The summed E-state index contributed by atoms with van der Waals surface area (Å²) in [6.45, 7) is 5.81. The summed E-state index contributed by atoms with van der Waals surface area (Å²) < 4.78 is 0. The van der Waals surface area contributed by atoms with Crippen molar-refractivity contribution in [2.24, 2.45) is 0 Å². The van der Waals surface area contributed by atoms with Crippen molar-refractivity contribution in [1.82, 2.24) is 10.2 Å². The van der Waals surface area contributed by atoms with Crippen molar-refractivity contribution in [1.29, 1.82) is 5.26 Å². The summed E-state index contributed by atoms with van der Waals surface area (Å²) in [6.07, 6.45) is 2.40. The van der Waals surface area contributed by atoms with Crippen molar-refractivity contribution in [2.75, 3.05) is 19.6 Å². The van der Waals surface area contributed by atoms with Crippen molar-refractivity contribution in [3.8, 4) is 6.07 Å². The van der Waals surface area contributed by atoms with Gasteiger partial charge >= 0.3 is 0 Å². The lowest BCUT2D eigenvalue weighted by atomic mass is 10.0. The monoisotopic (exact) mass is 243 g/mol. The molecule has 0 aromatic heterocycles. The summed E-state index contributed by atoms with van der Waals surface area (Å²) in [4.78, 5) is 2.48. The van der Waals surface area contributed by atoms with E-state index in [0.717, 1.165) is 13.1 Å². The van der Waals surface area contributed by atoms with E-state index < -0.39 is 0 Å². The van der Waals surface area contributed by atoms with E-state index in [2.05, 4.69) is 47.5 Å². The molecule has 3 nitrogen and oxygen atoms in total. The van der Waals surface area contributed by atoms with Crippen molar-refractivity contribution < 1.29 is 0 Å². The highest BCUT2D eigenvalue weighted by Crippen LogP contribution is 2.14. The van der Waals surface area contributed by atoms with Crippen LogP contribution in [0, 0.1) is 18.3 Å². The molecule has 1 aromatic carbocycles. The van der Waals surface area contributed by atoms with Gasteiger partial charge in [-0.1, -0.05) is 29.8 Å². The van der Waals surface area contributed by atoms with Crippen LogP contribution in [0.5, 0.6) is 0 Å². The lowest BCUT2D eigenvalue weighted by molar-refractivity contribution is 0.186. The van der Waals surface area contributed by atoms with Gasteiger partial charge in [-0.25, -0.2) is 0 Å². The molecule has 3 heteroatoms. The third kappa shape index (κ3) is 3.83. The largest absolute Gasteiger partial charge is 0.300 e. The number of piperidine rings is 1. The summed E-state index contributed by atoms with van der Waals surface area (Å²) >= 11 is 0. The average Bonchev–Trinajstić information content (AvgIpc) is 2.40. The summed E-state index contributed by atoms with van der Waals surface area (Å²) in [5, 5.41) is 11.9. The number of nitriles is 1. The first-order chi connectivity index (χ1) is 8.78. The van der Waals surface area contributed by atoms with Crippen LogP contribution in [-0.2, 0) is 6.54 Å². The molecule has 1 unspecified atom stereocenters. The highest BCUT2D eigenvalue weighted by atomic mass is 15.2. The van der Waals surface area contributed by atoms with E-state index in [9.17, 15) is 0 Å². The van der Waals surface area contributed by atoms with Crippen LogP contribution in [0.3, 0.4) is 0 Å². The zero-order chi connectivity index (χ0) is 12.8. The Balaban J connectivity index is 1.85. The Morgan fingerprint density at radius 1 is 1.39 bits per heavy atom. The van der Waals surface area contributed by atoms with E-state index in [1.807, 2.05) is 0 Å². The van der Waals surface area contributed by atoms with E-state index in [-0.39, 0.29) is 0 Å². The number of aryl methyl sites for hydroxylation is 1. The lowest BCUT2D eigenvalue weighted by Gasteiger charge is -2.32. The van der Waals surface area contributed by atoms with Gasteiger partial charge in [0.25, 0.3) is 0 Å². The maximum atomic E-state index is 8.60. The minimum Gasteiger partial charge on any atom is -0.300 e. The lowest BCUT2D eigenvalue weighted by Crippen LogP contribution is -2.45. The average molecular weight is 243 g/mol. The van der Waals surface area contributed by atoms with Crippen LogP contribution in [-0.4, -0.2) is 30.6 Å². The molecule has 0 radical (unpaired) electrons. The summed E-state index contributed by atoms with van der Waals surface area (Å²) in [7, 11) is 0. The highest BCUT2D eigenvalue weighted by Gasteiger charge is 2.19. The van der Waals surface area contributed by atoms with Crippen LogP contribution < -0.4 is 5.32 Å². The molecule has 1 aliphatic rings. The number of nitrogens with one attached hydrogen (secondary N) is 1. The van der Waals surface area contributed by atoms with E-state index >= 15 is 0 Å². The van der Waals surface area contributed by atoms with E-state index in [0.29, 0.717) is 12.6 Å². The van der Waals surface area contributed by atoms with Gasteiger partial charge in [-0.3, -0.25) is 4.90 Å². The van der Waals surface area contributed by atoms with Gasteiger partial charge in [-0.15, -0.1) is 0 Å². The van der Waals surface area contributed by atoms with Gasteiger partial charge in [-0.2, -0.15) is 5.26 Å². The van der Waals surface area contributed by atoms with Crippen LogP contribution in [0.25, 0.3) is 0 Å². The van der Waals surface area contributed by atoms with Gasteiger partial charge in [0.15, 0.2) is 0 Å². The fraction of sp³-hybridized carbons (Fsp3) is 0.533. The fourth-order valence-corrected chi connectivity index (χ4v) is 2.51. The first-order valence-corrected chi connectivity index (χ1v) is 6.66. The Morgan fingerprint density at radius 3 is 2.89 bits per heavy atom. The number of nitrogens with zero attached hydrogens (tertiary/aromatic N) is 2. The molecule has 1 atom stereocenters. The third-order valence-electron chi connectivity index (χ3n) is 3.50. The molecule has 2 rings (SSSR count). The Hall–Kier alpha value is -1.37. The van der Waals surface area contributed by atoms with Gasteiger partial charge in [0.1, 0.15) is 0 Å². The summed E-state index contributed by atoms with van der Waals surface area (Å²) in [5.74, 6) is 0. The molecule has 1 N–H and O–H groups in total. The SMILES string of the molecule is Cc1ccc(CN2CCCC(NCC#N)C2)cc1. The van der Waals surface area contributed by atoms with Crippen molar-refractivity contribution >= 4 is 0 Å². The number of likely N-dealkylation sites (tertiary alicyclic amines) is 1. The molecule has 0 bridgehead atoms. The van der Waals surface area contributed by atoms with Crippen LogP contribution in [0.4, 0.5) is 0 Å². The Kier molecular flexibility index (Phi) is 4.74. The molecular formula is C15H21N3. The molecule has 1 saturated heterocycles. The minimum atomic E-state index is 0.461. The van der Waals surface area contributed by atoms with E-state index in [1.54, 1.807) is 0 Å². The highest BCUT2D eigenvalue weighted by molar-refractivity contribution is 5.21. The quantitative estimate of drug-likeness (QED) is 0.823. The summed E-state index contributed by atoms with van der Waals surface area (Å²) in [6, 6.07) is 11.4. The Bertz CT molecular complexity index is 405. The second kappa shape index (κ2) is 6.53. The number of hydrogen-bond donors (Lipinski definition) is 1. The minimum absolute atomic E-state index is 0.461. The topological polar surface area (TPSA) is 39.1 Å². The number of benzene rings is 1. The predicted octanol–water partition coefficient (Wildman–Crippen LogP) is 2.07. The number of rotatable bonds is 4. The molecule has 96 valence electrons. The molecule has 1 aromatic rings. The molecule has 0 aliphatic carbocycles. The Labute approximate surface area is 109 Å². The normalized spacial score (nSPS) is 20.6. The molecule has 0 amide bonds. The maximum absolute atomic E-state index is 8.60.